The van der Waals surface area contributed by atoms with Crippen molar-refractivity contribution in [2.24, 2.45) is 13.0 Å². The number of rotatable bonds is 4. The van der Waals surface area contributed by atoms with Crippen LogP contribution in [0.4, 0.5) is 11.6 Å². The molecule has 4 aromatic rings. The third-order valence-electron chi connectivity index (χ3n) is 6.35. The van der Waals surface area contributed by atoms with E-state index in [0.29, 0.717) is 34.6 Å². The molecule has 0 N–H and O–H groups in total. The minimum absolute atomic E-state index is 0.177. The fourth-order valence-electron chi connectivity index (χ4n) is 4.55. The molecule has 0 radical (unpaired) electrons. The van der Waals surface area contributed by atoms with Gasteiger partial charge in [-0.1, -0.05) is 49.7 Å². The summed E-state index contributed by atoms with van der Waals surface area (Å²) in [4.78, 5) is 33.6. The molecule has 0 spiro atoms. The van der Waals surface area contributed by atoms with Crippen LogP contribution in [0.5, 0.6) is 0 Å². The van der Waals surface area contributed by atoms with E-state index in [1.807, 2.05) is 16.7 Å². The molecule has 0 aliphatic carbocycles. The molecular formula is C25H26ClN5O2. The third kappa shape index (κ3) is 3.66. The zero-order valence-electron chi connectivity index (χ0n) is 19.0. The number of nitrogens with zero attached hydrogens (tertiary/aromatic N) is 5. The minimum atomic E-state index is -0.384. The van der Waals surface area contributed by atoms with Crippen LogP contribution in [-0.4, -0.2) is 25.2 Å². The first kappa shape index (κ1) is 21.5. The summed E-state index contributed by atoms with van der Waals surface area (Å²) in [7, 11) is 1.67. The van der Waals surface area contributed by atoms with Crippen molar-refractivity contribution >= 4 is 34.4 Å². The summed E-state index contributed by atoms with van der Waals surface area (Å²) in [5.41, 5.74) is 3.30. The molecule has 1 atom stereocenters. The van der Waals surface area contributed by atoms with Crippen LogP contribution < -0.4 is 16.1 Å². The Kier molecular flexibility index (Phi) is 5.37. The Morgan fingerprint density at radius 2 is 1.67 bits per heavy atom. The van der Waals surface area contributed by atoms with Gasteiger partial charge >= 0.3 is 5.69 Å². The standard InChI is InChI=1S/C25H26ClN5O2/c1-4-17-7-11-20(12-8-17)29-13-16(2)14-30-21-22(27-24(29)30)28(3)25(33)31(23(21)32)15-18-5-9-19(26)10-6-18/h5-12,16H,4,13-15H2,1-3H3/t16-/m1/s1. The SMILES string of the molecule is CCc1ccc(N2C[C@@H](C)Cn3c2nc2c3c(=O)n(Cc3ccc(Cl)cc3)c(=O)n2C)cc1. The summed E-state index contributed by atoms with van der Waals surface area (Å²) in [6.45, 7) is 5.94. The number of hydrogen-bond acceptors (Lipinski definition) is 4. The summed E-state index contributed by atoms with van der Waals surface area (Å²) < 4.78 is 4.72. The molecule has 0 saturated heterocycles. The van der Waals surface area contributed by atoms with Crippen molar-refractivity contribution in [3.05, 3.63) is 85.5 Å². The lowest BCUT2D eigenvalue weighted by atomic mass is 10.1. The van der Waals surface area contributed by atoms with Gasteiger partial charge < -0.3 is 9.47 Å². The van der Waals surface area contributed by atoms with Crippen molar-refractivity contribution in [3.8, 4) is 0 Å². The maximum absolute atomic E-state index is 13.6. The molecule has 1 aliphatic heterocycles. The first-order valence-corrected chi connectivity index (χ1v) is 11.6. The number of aromatic nitrogens is 4. The summed E-state index contributed by atoms with van der Waals surface area (Å²) in [6.07, 6.45) is 0.977. The van der Waals surface area contributed by atoms with Gasteiger partial charge in [0.25, 0.3) is 5.56 Å². The van der Waals surface area contributed by atoms with E-state index in [0.717, 1.165) is 24.2 Å². The second kappa shape index (κ2) is 8.23. The highest BCUT2D eigenvalue weighted by atomic mass is 35.5. The highest BCUT2D eigenvalue weighted by molar-refractivity contribution is 6.30. The molecule has 33 heavy (non-hydrogen) atoms. The van der Waals surface area contributed by atoms with Crippen molar-refractivity contribution in [3.63, 3.8) is 0 Å². The molecule has 0 saturated carbocycles. The van der Waals surface area contributed by atoms with Crippen LogP contribution in [0.25, 0.3) is 11.2 Å². The van der Waals surface area contributed by atoms with Crippen molar-refractivity contribution in [1.82, 2.24) is 18.7 Å². The first-order chi connectivity index (χ1) is 15.9. The molecule has 0 bridgehead atoms. The Morgan fingerprint density at radius 1 is 1.00 bits per heavy atom. The van der Waals surface area contributed by atoms with E-state index in [-0.39, 0.29) is 17.8 Å². The molecule has 170 valence electrons. The van der Waals surface area contributed by atoms with Gasteiger partial charge in [0.05, 0.1) is 6.54 Å². The predicted octanol–water partition coefficient (Wildman–Crippen LogP) is 3.95. The minimum Gasteiger partial charge on any atom is -0.312 e. The van der Waals surface area contributed by atoms with Crippen molar-refractivity contribution < 1.29 is 0 Å². The number of halogens is 1. The smallest absolute Gasteiger partial charge is 0.312 e. The Labute approximate surface area is 196 Å². The van der Waals surface area contributed by atoms with E-state index < -0.39 is 0 Å². The van der Waals surface area contributed by atoms with E-state index in [9.17, 15) is 9.59 Å². The largest absolute Gasteiger partial charge is 0.332 e. The number of hydrogen-bond donors (Lipinski definition) is 0. The van der Waals surface area contributed by atoms with Crippen LogP contribution in [0.1, 0.15) is 25.0 Å². The Bertz CT molecular complexity index is 1450. The number of fused-ring (bicyclic) bond motifs is 3. The maximum Gasteiger partial charge on any atom is 0.332 e. The van der Waals surface area contributed by atoms with E-state index >= 15 is 0 Å². The lowest BCUT2D eigenvalue weighted by Crippen LogP contribution is -2.40. The molecule has 2 aromatic carbocycles. The van der Waals surface area contributed by atoms with Crippen LogP contribution in [0, 0.1) is 5.92 Å². The van der Waals surface area contributed by atoms with Crippen LogP contribution >= 0.6 is 11.6 Å². The summed E-state index contributed by atoms with van der Waals surface area (Å²) >= 11 is 5.99. The van der Waals surface area contributed by atoms with E-state index in [2.05, 4.69) is 43.0 Å². The molecule has 8 heteroatoms. The van der Waals surface area contributed by atoms with Crippen LogP contribution in [0.2, 0.25) is 5.02 Å². The van der Waals surface area contributed by atoms with E-state index in [4.69, 9.17) is 16.6 Å². The zero-order valence-corrected chi connectivity index (χ0v) is 19.7. The molecule has 5 rings (SSSR count). The lowest BCUT2D eigenvalue weighted by molar-refractivity contribution is 0.458. The van der Waals surface area contributed by atoms with Crippen LogP contribution in [0.15, 0.2) is 58.1 Å². The van der Waals surface area contributed by atoms with Gasteiger partial charge in [0, 0.05) is 30.8 Å². The number of aryl methyl sites for hydroxylation is 2. The summed E-state index contributed by atoms with van der Waals surface area (Å²) in [5.74, 6) is 1.01. The predicted molar refractivity (Wildman–Crippen MR) is 132 cm³/mol. The number of benzene rings is 2. The third-order valence-corrected chi connectivity index (χ3v) is 6.60. The van der Waals surface area contributed by atoms with Gasteiger partial charge in [-0.3, -0.25) is 13.9 Å². The molecule has 2 aromatic heterocycles. The van der Waals surface area contributed by atoms with Crippen molar-refractivity contribution in [2.45, 2.75) is 33.4 Å². The first-order valence-electron chi connectivity index (χ1n) is 11.2. The topological polar surface area (TPSA) is 65.1 Å². The van der Waals surface area contributed by atoms with Crippen molar-refractivity contribution in [2.75, 3.05) is 11.4 Å². The van der Waals surface area contributed by atoms with Gasteiger partial charge in [-0.05, 0) is 47.7 Å². The van der Waals surface area contributed by atoms with Gasteiger partial charge in [0.15, 0.2) is 11.2 Å². The second-order valence-corrected chi connectivity index (χ2v) is 9.23. The summed E-state index contributed by atoms with van der Waals surface area (Å²) in [6, 6.07) is 15.6. The van der Waals surface area contributed by atoms with Gasteiger partial charge in [-0.15, -0.1) is 0 Å². The van der Waals surface area contributed by atoms with Gasteiger partial charge in [0.2, 0.25) is 5.95 Å². The lowest BCUT2D eigenvalue weighted by Gasteiger charge is -2.33. The highest BCUT2D eigenvalue weighted by Gasteiger charge is 2.29. The van der Waals surface area contributed by atoms with Gasteiger partial charge in [-0.2, -0.15) is 4.98 Å². The van der Waals surface area contributed by atoms with E-state index in [1.165, 1.54) is 14.7 Å². The molecule has 0 amide bonds. The second-order valence-electron chi connectivity index (χ2n) is 8.79. The molecular weight excluding hydrogens is 438 g/mol. The van der Waals surface area contributed by atoms with Crippen molar-refractivity contribution in [1.29, 1.82) is 0 Å². The average molecular weight is 464 g/mol. The fourth-order valence-corrected chi connectivity index (χ4v) is 4.67. The average Bonchev–Trinajstić information content (AvgIpc) is 3.21. The molecule has 1 aliphatic rings. The molecule has 7 nitrogen and oxygen atoms in total. The Morgan fingerprint density at radius 3 is 2.33 bits per heavy atom. The molecule has 0 fully saturated rings. The zero-order chi connectivity index (χ0) is 23.3. The quantitative estimate of drug-likeness (QED) is 0.459. The molecule has 3 heterocycles. The highest BCUT2D eigenvalue weighted by Crippen LogP contribution is 2.33. The summed E-state index contributed by atoms with van der Waals surface area (Å²) in [5, 5.41) is 0.611. The monoisotopic (exact) mass is 463 g/mol. The molecule has 0 unspecified atom stereocenters. The maximum atomic E-state index is 13.6. The number of anilines is 2. The normalized spacial score (nSPS) is 15.8. The Balaban J connectivity index is 1.68. The van der Waals surface area contributed by atoms with Gasteiger partial charge in [-0.25, -0.2) is 4.79 Å². The van der Waals surface area contributed by atoms with Crippen LogP contribution in [-0.2, 0) is 26.6 Å². The Hall–Kier alpha value is -3.32. The fraction of sp³-hybridized carbons (Fsp3) is 0.320. The van der Waals surface area contributed by atoms with Crippen LogP contribution in [0.3, 0.4) is 0 Å². The van der Waals surface area contributed by atoms with E-state index in [1.54, 1.807) is 19.2 Å². The number of imidazole rings is 1. The van der Waals surface area contributed by atoms with Gasteiger partial charge in [0.1, 0.15) is 0 Å².